The maximum Gasteiger partial charge on any atom is 0.417 e. The van der Waals surface area contributed by atoms with Crippen molar-refractivity contribution in [2.45, 2.75) is 57.3 Å². The minimum atomic E-state index is -5.01. The Labute approximate surface area is 249 Å². The fourth-order valence-corrected chi connectivity index (χ4v) is 4.63. The summed E-state index contributed by atoms with van der Waals surface area (Å²) in [5.41, 5.74) is -1.77. The Balaban J connectivity index is 1.40. The lowest BCUT2D eigenvalue weighted by Crippen LogP contribution is -2.25. The normalized spacial score (nSPS) is 11.8. The number of halogens is 7. The van der Waals surface area contributed by atoms with Gasteiger partial charge in [-0.15, -0.1) is 0 Å². The SMILES string of the molecule is O=C(O)CCNC(=O)c1ccc(CCCCCCCOc2ccc(-c3ccc(C(F)(F)F)cc3C(F)(F)F)c(Cl)c2)cc1. The quantitative estimate of drug-likeness (QED) is 0.138. The molecule has 232 valence electrons. The smallest absolute Gasteiger partial charge is 0.417 e. The van der Waals surface area contributed by atoms with Crippen molar-refractivity contribution in [2.75, 3.05) is 13.2 Å². The fraction of sp³-hybridized carbons (Fsp3) is 0.355. The topological polar surface area (TPSA) is 75.6 Å². The highest BCUT2D eigenvalue weighted by Crippen LogP contribution is 2.43. The lowest BCUT2D eigenvalue weighted by atomic mass is 9.96. The van der Waals surface area contributed by atoms with E-state index in [1.165, 1.54) is 18.2 Å². The van der Waals surface area contributed by atoms with Crippen LogP contribution in [0.3, 0.4) is 0 Å². The molecule has 0 aliphatic heterocycles. The number of hydrogen-bond acceptors (Lipinski definition) is 3. The predicted molar refractivity (Wildman–Crippen MR) is 150 cm³/mol. The number of carbonyl (C=O) groups excluding carboxylic acids is 1. The lowest BCUT2D eigenvalue weighted by molar-refractivity contribution is -0.143. The van der Waals surface area contributed by atoms with Crippen LogP contribution >= 0.6 is 11.6 Å². The third-order valence-corrected chi connectivity index (χ3v) is 6.91. The third-order valence-electron chi connectivity index (χ3n) is 6.60. The molecule has 43 heavy (non-hydrogen) atoms. The van der Waals surface area contributed by atoms with Crippen molar-refractivity contribution >= 4 is 23.5 Å². The molecule has 1 amide bonds. The molecular weight excluding hydrogens is 600 g/mol. The summed E-state index contributed by atoms with van der Waals surface area (Å²) in [6.07, 6.45) is -4.70. The van der Waals surface area contributed by atoms with Gasteiger partial charge in [0.15, 0.2) is 0 Å². The molecule has 3 aromatic carbocycles. The van der Waals surface area contributed by atoms with Gasteiger partial charge in [0.1, 0.15) is 5.75 Å². The summed E-state index contributed by atoms with van der Waals surface area (Å²) in [6.45, 7) is 0.429. The van der Waals surface area contributed by atoms with Crippen LogP contribution in [0.25, 0.3) is 11.1 Å². The van der Waals surface area contributed by atoms with Crippen LogP contribution in [0.1, 0.15) is 65.6 Å². The molecule has 0 saturated heterocycles. The van der Waals surface area contributed by atoms with Gasteiger partial charge in [-0.2, -0.15) is 26.3 Å². The zero-order valence-corrected chi connectivity index (χ0v) is 23.7. The van der Waals surface area contributed by atoms with Gasteiger partial charge in [-0.25, -0.2) is 0 Å². The van der Waals surface area contributed by atoms with Crippen molar-refractivity contribution in [3.05, 3.63) is 87.9 Å². The van der Waals surface area contributed by atoms with E-state index in [1.807, 2.05) is 12.1 Å². The highest BCUT2D eigenvalue weighted by Gasteiger charge is 2.38. The summed E-state index contributed by atoms with van der Waals surface area (Å²) in [5, 5.41) is 11.1. The number of carbonyl (C=O) groups is 2. The Hall–Kier alpha value is -3.73. The van der Waals surface area contributed by atoms with Gasteiger partial charge in [-0.1, -0.05) is 49.1 Å². The van der Waals surface area contributed by atoms with Crippen LogP contribution in [-0.4, -0.2) is 30.1 Å². The number of rotatable bonds is 14. The van der Waals surface area contributed by atoms with Crippen LogP contribution in [0.4, 0.5) is 26.3 Å². The molecule has 0 aliphatic rings. The van der Waals surface area contributed by atoms with E-state index in [0.29, 0.717) is 24.0 Å². The fourth-order valence-electron chi connectivity index (χ4n) is 4.35. The lowest BCUT2D eigenvalue weighted by Gasteiger charge is -2.17. The number of ether oxygens (including phenoxy) is 1. The second-order valence-electron chi connectivity index (χ2n) is 9.86. The molecule has 5 nitrogen and oxygen atoms in total. The molecule has 0 aliphatic carbocycles. The Morgan fingerprint density at radius 1 is 0.791 bits per heavy atom. The second-order valence-corrected chi connectivity index (χ2v) is 10.3. The van der Waals surface area contributed by atoms with Gasteiger partial charge in [-0.05, 0) is 72.9 Å². The van der Waals surface area contributed by atoms with Gasteiger partial charge in [0.2, 0.25) is 0 Å². The van der Waals surface area contributed by atoms with Gasteiger partial charge in [0.25, 0.3) is 5.91 Å². The summed E-state index contributed by atoms with van der Waals surface area (Å²) in [4.78, 5) is 22.5. The molecule has 0 radical (unpaired) electrons. The van der Waals surface area contributed by atoms with E-state index in [1.54, 1.807) is 12.1 Å². The van der Waals surface area contributed by atoms with Crippen molar-refractivity contribution in [2.24, 2.45) is 0 Å². The maximum atomic E-state index is 13.5. The molecule has 0 spiro atoms. The van der Waals surface area contributed by atoms with Crippen LogP contribution in [0.2, 0.25) is 5.02 Å². The standard InChI is InChI=1S/C31H30ClF6NO4/c32-27-19-23(12-14-25(27)24-13-11-22(30(33,34)35)18-26(24)31(36,37)38)43-17-5-3-1-2-4-6-20-7-9-21(10-8-20)29(42)39-16-15-28(40)41/h7-14,18-19H,1-6,15-17H2,(H,39,42)(H,40,41). The van der Waals surface area contributed by atoms with E-state index in [0.717, 1.165) is 50.2 Å². The number of alkyl halides is 6. The monoisotopic (exact) mass is 629 g/mol. The number of aryl methyl sites for hydroxylation is 1. The number of amides is 1. The first kappa shape index (κ1) is 33.8. The van der Waals surface area contributed by atoms with Crippen LogP contribution in [0.15, 0.2) is 60.7 Å². The molecule has 0 heterocycles. The van der Waals surface area contributed by atoms with E-state index in [-0.39, 0.29) is 35.5 Å². The second kappa shape index (κ2) is 15.1. The van der Waals surface area contributed by atoms with Gasteiger partial charge in [0, 0.05) is 17.7 Å². The Morgan fingerprint density at radius 2 is 1.44 bits per heavy atom. The molecule has 3 rings (SSSR count). The molecule has 0 bridgehead atoms. The summed E-state index contributed by atoms with van der Waals surface area (Å²) >= 11 is 6.21. The van der Waals surface area contributed by atoms with Crippen molar-refractivity contribution in [1.29, 1.82) is 0 Å². The average molecular weight is 630 g/mol. The van der Waals surface area contributed by atoms with E-state index in [4.69, 9.17) is 21.4 Å². The molecule has 3 aromatic rings. The predicted octanol–water partition coefficient (Wildman–Crippen LogP) is 8.82. The first-order chi connectivity index (χ1) is 20.3. The molecule has 0 unspecified atom stereocenters. The first-order valence-corrected chi connectivity index (χ1v) is 13.9. The number of benzene rings is 3. The van der Waals surface area contributed by atoms with Crippen LogP contribution in [0, 0.1) is 0 Å². The van der Waals surface area contributed by atoms with Crippen molar-refractivity contribution in [3.8, 4) is 16.9 Å². The average Bonchev–Trinajstić information content (AvgIpc) is 2.93. The zero-order chi connectivity index (χ0) is 31.6. The Kier molecular flexibility index (Phi) is 11.9. The molecular formula is C31H30ClF6NO4. The first-order valence-electron chi connectivity index (χ1n) is 13.6. The van der Waals surface area contributed by atoms with Gasteiger partial charge >= 0.3 is 18.3 Å². The zero-order valence-electron chi connectivity index (χ0n) is 23.0. The van der Waals surface area contributed by atoms with Gasteiger partial charge < -0.3 is 15.2 Å². The van der Waals surface area contributed by atoms with Gasteiger partial charge in [-0.3, -0.25) is 9.59 Å². The van der Waals surface area contributed by atoms with E-state index in [9.17, 15) is 35.9 Å². The number of nitrogens with one attached hydrogen (secondary N) is 1. The van der Waals surface area contributed by atoms with Crippen LogP contribution in [0.5, 0.6) is 5.75 Å². The molecule has 12 heteroatoms. The summed E-state index contributed by atoms with van der Waals surface area (Å²) in [5.74, 6) is -0.954. The summed E-state index contributed by atoms with van der Waals surface area (Å²) < 4.78 is 85.2. The third kappa shape index (κ3) is 10.5. The van der Waals surface area contributed by atoms with Crippen molar-refractivity contribution in [3.63, 3.8) is 0 Å². The van der Waals surface area contributed by atoms with Crippen molar-refractivity contribution in [1.82, 2.24) is 5.32 Å². The summed E-state index contributed by atoms with van der Waals surface area (Å²) in [7, 11) is 0. The van der Waals surface area contributed by atoms with E-state index in [2.05, 4.69) is 5.32 Å². The van der Waals surface area contributed by atoms with Crippen LogP contribution < -0.4 is 10.1 Å². The number of aliphatic carboxylic acids is 1. The van der Waals surface area contributed by atoms with Crippen LogP contribution in [-0.2, 0) is 23.6 Å². The number of unbranched alkanes of at least 4 members (excludes halogenated alkanes) is 4. The minimum absolute atomic E-state index is 0.0521. The largest absolute Gasteiger partial charge is 0.494 e. The molecule has 2 N–H and O–H groups in total. The number of carboxylic acids is 1. The van der Waals surface area contributed by atoms with E-state index < -0.39 is 35.0 Å². The number of carboxylic acid groups (broad SMARTS) is 1. The maximum absolute atomic E-state index is 13.5. The minimum Gasteiger partial charge on any atom is -0.494 e. The highest BCUT2D eigenvalue weighted by atomic mass is 35.5. The highest BCUT2D eigenvalue weighted by molar-refractivity contribution is 6.33. The molecule has 0 atom stereocenters. The van der Waals surface area contributed by atoms with Gasteiger partial charge in [0.05, 0.1) is 29.2 Å². The Morgan fingerprint density at radius 3 is 2.07 bits per heavy atom. The Bertz CT molecular complexity index is 1390. The van der Waals surface area contributed by atoms with Crippen molar-refractivity contribution < 1.29 is 45.8 Å². The molecule has 0 saturated carbocycles. The molecule has 0 aromatic heterocycles. The van der Waals surface area contributed by atoms with E-state index >= 15 is 0 Å². The summed E-state index contributed by atoms with van der Waals surface area (Å²) in [6, 6.07) is 12.7. The molecule has 0 fully saturated rings. The number of hydrogen-bond donors (Lipinski definition) is 2.